The molecule has 5 heteroatoms. The minimum Gasteiger partial charge on any atom is -0.261 e. The molecule has 4 rings (SSSR count). The first-order chi connectivity index (χ1) is 10.8. The van der Waals surface area contributed by atoms with Crippen LogP contribution >= 0.6 is 11.3 Å². The fraction of sp³-hybridized carbons (Fsp3) is 0.235. The molecule has 0 aliphatic heterocycles. The van der Waals surface area contributed by atoms with Crippen LogP contribution in [0, 0.1) is 6.92 Å². The van der Waals surface area contributed by atoms with Gasteiger partial charge in [0, 0.05) is 4.88 Å². The van der Waals surface area contributed by atoms with Crippen LogP contribution in [-0.2, 0) is 12.8 Å². The fourth-order valence-corrected chi connectivity index (χ4v) is 4.16. The molecule has 3 aromatic rings. The van der Waals surface area contributed by atoms with Crippen LogP contribution in [0.4, 0.5) is 5.82 Å². The molecule has 1 N–H and O–H groups in total. The topological polar surface area (TPSA) is 50.2 Å². The Balaban J connectivity index is 1.64. The molecular formula is C17H16N4S. The van der Waals surface area contributed by atoms with Gasteiger partial charge in [-0.1, -0.05) is 29.8 Å². The second kappa shape index (κ2) is 5.50. The molecule has 2 aromatic heterocycles. The molecule has 0 amide bonds. The number of rotatable bonds is 3. The summed E-state index contributed by atoms with van der Waals surface area (Å²) in [4.78, 5) is 11.3. The molecule has 0 saturated carbocycles. The van der Waals surface area contributed by atoms with Gasteiger partial charge in [-0.2, -0.15) is 5.10 Å². The van der Waals surface area contributed by atoms with E-state index >= 15 is 0 Å². The molecule has 0 atom stereocenters. The van der Waals surface area contributed by atoms with E-state index in [9.17, 15) is 0 Å². The molecule has 0 fully saturated rings. The number of nitrogens with one attached hydrogen (secondary N) is 1. The lowest BCUT2D eigenvalue weighted by Gasteiger charge is -2.02. The maximum Gasteiger partial charge on any atom is 0.158 e. The van der Waals surface area contributed by atoms with E-state index in [1.807, 2.05) is 18.3 Å². The van der Waals surface area contributed by atoms with Gasteiger partial charge in [0.2, 0.25) is 0 Å². The van der Waals surface area contributed by atoms with E-state index in [1.165, 1.54) is 28.8 Å². The van der Waals surface area contributed by atoms with E-state index in [4.69, 9.17) is 0 Å². The quantitative estimate of drug-likeness (QED) is 0.589. The van der Waals surface area contributed by atoms with Crippen LogP contribution in [0.2, 0.25) is 0 Å². The normalized spacial score (nSPS) is 13.9. The van der Waals surface area contributed by atoms with Crippen LogP contribution < -0.4 is 5.43 Å². The summed E-state index contributed by atoms with van der Waals surface area (Å²) in [6.45, 7) is 2.08. The first-order valence-corrected chi connectivity index (χ1v) is 8.24. The van der Waals surface area contributed by atoms with Gasteiger partial charge < -0.3 is 0 Å². The molecule has 0 bridgehead atoms. The van der Waals surface area contributed by atoms with Crippen LogP contribution in [-0.4, -0.2) is 16.2 Å². The molecule has 22 heavy (non-hydrogen) atoms. The number of nitrogens with zero attached hydrogens (tertiary/aromatic N) is 3. The van der Waals surface area contributed by atoms with Crippen LogP contribution in [0.5, 0.6) is 0 Å². The second-order valence-electron chi connectivity index (χ2n) is 5.54. The average molecular weight is 308 g/mol. The van der Waals surface area contributed by atoms with Crippen molar-refractivity contribution in [2.24, 2.45) is 5.10 Å². The number of aromatic nitrogens is 2. The van der Waals surface area contributed by atoms with Gasteiger partial charge in [0.15, 0.2) is 5.82 Å². The number of hydrazone groups is 1. The smallest absolute Gasteiger partial charge is 0.158 e. The van der Waals surface area contributed by atoms with E-state index < -0.39 is 0 Å². The number of fused-ring (bicyclic) bond motifs is 3. The molecule has 0 radical (unpaired) electrons. The first kappa shape index (κ1) is 13.4. The Bertz CT molecular complexity index is 866. The Morgan fingerprint density at radius 1 is 1.27 bits per heavy atom. The standard InChI is InChI=1S/C17H16N4S/c1-11-4-2-5-12(8-11)9-20-21-16-15-13-6-3-7-14(13)22-17(15)19-10-18-16/h2,4-5,8-10H,3,6-7H2,1H3,(H,18,19,21)/b20-9-. The Hall–Kier alpha value is -2.27. The Labute approximate surface area is 132 Å². The van der Waals surface area contributed by atoms with Gasteiger partial charge in [-0.3, -0.25) is 5.43 Å². The van der Waals surface area contributed by atoms with Crippen molar-refractivity contribution in [2.75, 3.05) is 5.43 Å². The molecule has 0 saturated heterocycles. The van der Waals surface area contributed by atoms with Gasteiger partial charge in [0.1, 0.15) is 11.2 Å². The Kier molecular flexibility index (Phi) is 3.35. The highest BCUT2D eigenvalue weighted by molar-refractivity contribution is 7.19. The van der Waals surface area contributed by atoms with Crippen LogP contribution in [0.1, 0.15) is 28.0 Å². The summed E-state index contributed by atoms with van der Waals surface area (Å²) >= 11 is 1.79. The van der Waals surface area contributed by atoms with Gasteiger partial charge in [-0.15, -0.1) is 11.3 Å². The molecule has 1 aliphatic rings. The zero-order chi connectivity index (χ0) is 14.9. The van der Waals surface area contributed by atoms with Gasteiger partial charge in [-0.05, 0) is 37.3 Å². The highest BCUT2D eigenvalue weighted by Crippen LogP contribution is 2.38. The third-order valence-corrected chi connectivity index (χ3v) is 5.13. The van der Waals surface area contributed by atoms with E-state index in [0.717, 1.165) is 28.0 Å². The van der Waals surface area contributed by atoms with Crippen molar-refractivity contribution >= 4 is 33.6 Å². The maximum atomic E-state index is 4.40. The molecule has 1 aromatic carbocycles. The third kappa shape index (κ3) is 2.37. The van der Waals surface area contributed by atoms with E-state index in [-0.39, 0.29) is 0 Å². The summed E-state index contributed by atoms with van der Waals surface area (Å²) in [6, 6.07) is 8.25. The van der Waals surface area contributed by atoms with Crippen molar-refractivity contribution in [3.63, 3.8) is 0 Å². The lowest BCUT2D eigenvalue weighted by atomic mass is 10.2. The van der Waals surface area contributed by atoms with Crippen molar-refractivity contribution < 1.29 is 0 Å². The van der Waals surface area contributed by atoms with E-state index in [0.29, 0.717) is 0 Å². The van der Waals surface area contributed by atoms with Gasteiger partial charge in [0.05, 0.1) is 11.6 Å². The van der Waals surface area contributed by atoms with Crippen molar-refractivity contribution in [3.8, 4) is 0 Å². The second-order valence-corrected chi connectivity index (χ2v) is 6.63. The van der Waals surface area contributed by atoms with Crippen LogP contribution in [0.25, 0.3) is 10.2 Å². The molecule has 0 spiro atoms. The van der Waals surface area contributed by atoms with Crippen molar-refractivity contribution in [2.45, 2.75) is 26.2 Å². The SMILES string of the molecule is Cc1cccc(/C=N\Nc2ncnc3sc4c(c23)CCC4)c1. The molecule has 2 heterocycles. The molecule has 1 aliphatic carbocycles. The molecule has 4 nitrogen and oxygen atoms in total. The number of hydrogen-bond donors (Lipinski definition) is 1. The average Bonchev–Trinajstić information content (AvgIpc) is 3.08. The predicted molar refractivity (Wildman–Crippen MR) is 91.8 cm³/mol. The Morgan fingerprint density at radius 3 is 3.14 bits per heavy atom. The molecule has 110 valence electrons. The maximum absolute atomic E-state index is 4.40. The fourth-order valence-electron chi connectivity index (χ4n) is 2.93. The first-order valence-electron chi connectivity index (χ1n) is 7.42. The van der Waals surface area contributed by atoms with Crippen LogP contribution in [0.15, 0.2) is 35.7 Å². The summed E-state index contributed by atoms with van der Waals surface area (Å²) in [7, 11) is 0. The highest BCUT2D eigenvalue weighted by atomic mass is 32.1. The lowest BCUT2D eigenvalue weighted by molar-refractivity contribution is 0.917. The van der Waals surface area contributed by atoms with Crippen LogP contribution in [0.3, 0.4) is 0 Å². The summed E-state index contributed by atoms with van der Waals surface area (Å²) in [6.07, 6.45) is 6.96. The number of anilines is 1. The summed E-state index contributed by atoms with van der Waals surface area (Å²) in [5, 5.41) is 5.50. The van der Waals surface area contributed by atoms with E-state index in [1.54, 1.807) is 17.7 Å². The van der Waals surface area contributed by atoms with Crippen molar-refractivity contribution in [3.05, 3.63) is 52.2 Å². The molecule has 0 unspecified atom stereocenters. The van der Waals surface area contributed by atoms with Crippen molar-refractivity contribution in [1.29, 1.82) is 0 Å². The zero-order valence-corrected chi connectivity index (χ0v) is 13.2. The Morgan fingerprint density at radius 2 is 2.23 bits per heavy atom. The predicted octanol–water partition coefficient (Wildman–Crippen LogP) is 3.93. The summed E-state index contributed by atoms with van der Waals surface area (Å²) < 4.78 is 0. The summed E-state index contributed by atoms with van der Waals surface area (Å²) in [5.41, 5.74) is 6.81. The zero-order valence-electron chi connectivity index (χ0n) is 12.3. The number of aryl methyl sites for hydroxylation is 3. The number of hydrogen-bond acceptors (Lipinski definition) is 5. The largest absolute Gasteiger partial charge is 0.261 e. The monoisotopic (exact) mass is 308 g/mol. The summed E-state index contributed by atoms with van der Waals surface area (Å²) in [5.74, 6) is 0.813. The lowest BCUT2D eigenvalue weighted by Crippen LogP contribution is -1.96. The van der Waals surface area contributed by atoms with Gasteiger partial charge >= 0.3 is 0 Å². The molecular weight excluding hydrogens is 292 g/mol. The number of thiophene rings is 1. The minimum atomic E-state index is 0.813. The minimum absolute atomic E-state index is 0.813. The number of benzene rings is 1. The highest BCUT2D eigenvalue weighted by Gasteiger charge is 2.20. The van der Waals surface area contributed by atoms with Crippen molar-refractivity contribution in [1.82, 2.24) is 9.97 Å². The van der Waals surface area contributed by atoms with Gasteiger partial charge in [0.25, 0.3) is 0 Å². The third-order valence-electron chi connectivity index (χ3n) is 3.93. The van der Waals surface area contributed by atoms with Gasteiger partial charge in [-0.25, -0.2) is 9.97 Å². The van der Waals surface area contributed by atoms with E-state index in [2.05, 4.69) is 39.6 Å².